The van der Waals surface area contributed by atoms with Crippen molar-refractivity contribution in [2.24, 2.45) is 16.8 Å². The number of carbonyl (C=O) groups is 1. The third kappa shape index (κ3) is 5.79. The minimum Gasteiger partial charge on any atom is -0.379 e. The first kappa shape index (κ1) is 22.6. The fourth-order valence-electron chi connectivity index (χ4n) is 5.16. The number of aryl methyl sites for hydroxylation is 1. The number of hydrogen-bond acceptors (Lipinski definition) is 5. The maximum absolute atomic E-state index is 12.2. The Morgan fingerprint density at radius 1 is 1.29 bits per heavy atom. The van der Waals surface area contributed by atoms with Crippen molar-refractivity contribution >= 4 is 23.2 Å². The topological polar surface area (TPSA) is 69.2 Å². The highest BCUT2D eigenvalue weighted by atomic mass is 32.1. The van der Waals surface area contributed by atoms with Crippen molar-refractivity contribution in [3.8, 4) is 0 Å². The summed E-state index contributed by atoms with van der Waals surface area (Å²) in [6.45, 7) is 6.54. The van der Waals surface area contributed by atoms with Crippen LogP contribution in [0.5, 0.6) is 0 Å². The molecule has 2 saturated carbocycles. The van der Waals surface area contributed by atoms with Gasteiger partial charge in [-0.15, -0.1) is 11.3 Å². The molecule has 3 fully saturated rings. The molecule has 4 atom stereocenters. The Hall–Kier alpha value is -1.64. The summed E-state index contributed by atoms with van der Waals surface area (Å²) in [5, 5.41) is 7.28. The Labute approximate surface area is 190 Å². The predicted molar refractivity (Wildman–Crippen MR) is 126 cm³/mol. The van der Waals surface area contributed by atoms with Gasteiger partial charge in [0.05, 0.1) is 19.3 Å². The first-order valence-corrected chi connectivity index (χ1v) is 12.4. The number of thiophene rings is 1. The molecule has 31 heavy (non-hydrogen) atoms. The zero-order valence-corrected chi connectivity index (χ0v) is 19.9. The third-order valence-corrected chi connectivity index (χ3v) is 8.07. The van der Waals surface area contributed by atoms with Crippen molar-refractivity contribution in [3.63, 3.8) is 0 Å². The number of guanidine groups is 1. The maximum Gasteiger partial charge on any atom is 0.243 e. The molecule has 3 aliphatic rings. The van der Waals surface area contributed by atoms with Crippen LogP contribution in [0.3, 0.4) is 0 Å². The first-order chi connectivity index (χ1) is 15.0. The Morgan fingerprint density at radius 2 is 2.10 bits per heavy atom. The summed E-state index contributed by atoms with van der Waals surface area (Å²) < 4.78 is 5.58. The number of nitrogens with one attached hydrogen (secondary N) is 2. The van der Waals surface area contributed by atoms with Gasteiger partial charge in [0.2, 0.25) is 5.91 Å². The van der Waals surface area contributed by atoms with Crippen molar-refractivity contribution in [3.05, 3.63) is 21.9 Å². The maximum atomic E-state index is 12.2. The molecular weight excluding hydrogens is 410 g/mol. The summed E-state index contributed by atoms with van der Waals surface area (Å²) in [5.74, 6) is 2.41. The molecule has 1 aromatic rings. The highest BCUT2D eigenvalue weighted by molar-refractivity contribution is 7.12. The van der Waals surface area contributed by atoms with E-state index >= 15 is 0 Å². The molecule has 2 heterocycles. The van der Waals surface area contributed by atoms with Crippen LogP contribution in [-0.2, 0) is 9.53 Å². The SMILES string of the molecule is Cc1ccc(C(CNC(=NCC(=O)N(C)C)NC2CC3CCC2C3)N2CCOCC2)s1. The van der Waals surface area contributed by atoms with Gasteiger partial charge in [-0.25, -0.2) is 4.99 Å². The summed E-state index contributed by atoms with van der Waals surface area (Å²) in [5.41, 5.74) is 0. The number of nitrogens with zero attached hydrogens (tertiary/aromatic N) is 3. The molecule has 4 unspecified atom stereocenters. The Balaban J connectivity index is 1.45. The third-order valence-electron chi connectivity index (χ3n) is 6.97. The summed E-state index contributed by atoms with van der Waals surface area (Å²) in [4.78, 5) is 23.6. The molecule has 0 aromatic carbocycles. The van der Waals surface area contributed by atoms with E-state index in [0.29, 0.717) is 6.04 Å². The van der Waals surface area contributed by atoms with E-state index in [1.54, 1.807) is 19.0 Å². The number of carbonyl (C=O) groups excluding carboxylic acids is 1. The van der Waals surface area contributed by atoms with E-state index in [0.717, 1.165) is 50.6 Å². The van der Waals surface area contributed by atoms with E-state index in [4.69, 9.17) is 4.74 Å². The Morgan fingerprint density at radius 3 is 2.71 bits per heavy atom. The fourth-order valence-corrected chi connectivity index (χ4v) is 6.17. The lowest BCUT2D eigenvalue weighted by molar-refractivity contribution is -0.127. The van der Waals surface area contributed by atoms with Crippen LogP contribution in [-0.4, -0.2) is 81.2 Å². The average Bonchev–Trinajstić information content (AvgIpc) is 3.50. The van der Waals surface area contributed by atoms with Gasteiger partial charge in [-0.2, -0.15) is 0 Å². The van der Waals surface area contributed by atoms with Gasteiger partial charge in [0.15, 0.2) is 5.96 Å². The molecule has 1 saturated heterocycles. The molecule has 8 heteroatoms. The zero-order valence-electron chi connectivity index (χ0n) is 19.1. The van der Waals surface area contributed by atoms with Crippen molar-refractivity contribution in [1.29, 1.82) is 0 Å². The summed E-state index contributed by atoms with van der Waals surface area (Å²) in [6.07, 6.45) is 5.26. The molecule has 2 N–H and O–H groups in total. The van der Waals surface area contributed by atoms with E-state index in [9.17, 15) is 4.79 Å². The van der Waals surface area contributed by atoms with Crippen LogP contribution in [0.25, 0.3) is 0 Å². The number of likely N-dealkylation sites (N-methyl/N-ethyl adjacent to an activating group) is 1. The van der Waals surface area contributed by atoms with Crippen molar-refractivity contribution in [2.75, 3.05) is 53.5 Å². The number of amides is 1. The quantitative estimate of drug-likeness (QED) is 0.496. The van der Waals surface area contributed by atoms with Gasteiger partial charge in [0, 0.05) is 49.5 Å². The molecule has 7 nitrogen and oxygen atoms in total. The van der Waals surface area contributed by atoms with E-state index in [1.165, 1.54) is 35.4 Å². The van der Waals surface area contributed by atoms with E-state index in [2.05, 4.69) is 39.6 Å². The molecule has 2 bridgehead atoms. The smallest absolute Gasteiger partial charge is 0.243 e. The van der Waals surface area contributed by atoms with Gasteiger partial charge in [-0.05, 0) is 50.2 Å². The standard InChI is InChI=1S/C23H37N5O2S/c1-16-4-7-21(31-16)20(28-8-10-30-11-9-28)14-24-23(25-15-22(29)27(2)3)26-19-13-17-5-6-18(19)12-17/h4,7,17-20H,5-6,8-15H2,1-3H3,(H2,24,25,26). The van der Waals surface area contributed by atoms with Crippen LogP contribution in [0, 0.1) is 18.8 Å². The van der Waals surface area contributed by atoms with E-state index < -0.39 is 0 Å². The number of aliphatic imine (C=N–C) groups is 1. The number of morpholine rings is 1. The average molecular weight is 448 g/mol. The monoisotopic (exact) mass is 447 g/mol. The number of fused-ring (bicyclic) bond motifs is 2. The molecule has 1 aromatic heterocycles. The van der Waals surface area contributed by atoms with Crippen LogP contribution in [0.1, 0.15) is 41.5 Å². The van der Waals surface area contributed by atoms with Gasteiger partial charge < -0.3 is 20.3 Å². The lowest BCUT2D eigenvalue weighted by atomic mass is 9.95. The minimum atomic E-state index is 0.0210. The molecule has 1 aliphatic heterocycles. The second kappa shape index (κ2) is 10.3. The molecular formula is C23H37N5O2S. The van der Waals surface area contributed by atoms with Crippen LogP contribution >= 0.6 is 11.3 Å². The molecule has 1 amide bonds. The van der Waals surface area contributed by atoms with Crippen molar-refractivity contribution < 1.29 is 9.53 Å². The highest BCUT2D eigenvalue weighted by Crippen LogP contribution is 2.44. The minimum absolute atomic E-state index is 0.0210. The van der Waals surface area contributed by atoms with Gasteiger partial charge >= 0.3 is 0 Å². The van der Waals surface area contributed by atoms with Gasteiger partial charge in [-0.1, -0.05) is 6.42 Å². The first-order valence-electron chi connectivity index (χ1n) is 11.6. The lowest BCUT2D eigenvalue weighted by Gasteiger charge is -2.34. The summed E-state index contributed by atoms with van der Waals surface area (Å²) in [7, 11) is 3.56. The van der Waals surface area contributed by atoms with Crippen LogP contribution in [0.4, 0.5) is 0 Å². The second-order valence-electron chi connectivity index (χ2n) is 9.37. The fraction of sp³-hybridized carbons (Fsp3) is 0.739. The predicted octanol–water partition coefficient (Wildman–Crippen LogP) is 2.24. The number of hydrogen-bond donors (Lipinski definition) is 2. The second-order valence-corrected chi connectivity index (χ2v) is 10.7. The molecule has 2 aliphatic carbocycles. The molecule has 172 valence electrons. The van der Waals surface area contributed by atoms with Crippen molar-refractivity contribution in [1.82, 2.24) is 20.4 Å². The van der Waals surface area contributed by atoms with Gasteiger partial charge in [0.25, 0.3) is 0 Å². The highest BCUT2D eigenvalue weighted by Gasteiger charge is 2.40. The van der Waals surface area contributed by atoms with E-state index in [1.807, 2.05) is 11.3 Å². The normalized spacial score (nSPS) is 27.3. The largest absolute Gasteiger partial charge is 0.379 e. The molecule has 0 radical (unpaired) electrons. The lowest BCUT2D eigenvalue weighted by Crippen LogP contribution is -2.49. The molecule has 0 spiro atoms. The van der Waals surface area contributed by atoms with Crippen LogP contribution in [0.2, 0.25) is 0 Å². The molecule has 4 rings (SSSR count). The van der Waals surface area contributed by atoms with Crippen LogP contribution < -0.4 is 10.6 Å². The summed E-state index contributed by atoms with van der Waals surface area (Å²) >= 11 is 1.86. The van der Waals surface area contributed by atoms with E-state index in [-0.39, 0.29) is 18.5 Å². The Bertz CT molecular complexity index is 774. The van der Waals surface area contributed by atoms with Gasteiger partial charge in [0.1, 0.15) is 6.54 Å². The zero-order chi connectivity index (χ0) is 21.8. The number of rotatable bonds is 7. The van der Waals surface area contributed by atoms with Crippen LogP contribution in [0.15, 0.2) is 17.1 Å². The number of ether oxygens (including phenoxy) is 1. The summed E-state index contributed by atoms with van der Waals surface area (Å²) in [6, 6.07) is 5.20. The van der Waals surface area contributed by atoms with Crippen molar-refractivity contribution in [2.45, 2.75) is 44.7 Å². The Kier molecular flexibility index (Phi) is 7.51. The van der Waals surface area contributed by atoms with Gasteiger partial charge in [-0.3, -0.25) is 9.69 Å².